The quantitative estimate of drug-likeness (QED) is 0.530. The highest BCUT2D eigenvalue weighted by molar-refractivity contribution is 9.10. The Bertz CT molecular complexity index is 1100. The van der Waals surface area contributed by atoms with Crippen molar-refractivity contribution in [2.45, 2.75) is 25.7 Å². The van der Waals surface area contributed by atoms with Gasteiger partial charge < -0.3 is 20.3 Å². The third-order valence-electron chi connectivity index (χ3n) is 5.65. The number of hydrogen-bond donors (Lipinski definition) is 3. The second-order valence-corrected chi connectivity index (χ2v) is 9.87. The van der Waals surface area contributed by atoms with Crippen LogP contribution in [0.25, 0.3) is 0 Å². The van der Waals surface area contributed by atoms with E-state index in [1.54, 1.807) is 11.3 Å². The van der Waals surface area contributed by atoms with Crippen molar-refractivity contribution >= 4 is 38.2 Å². The van der Waals surface area contributed by atoms with Crippen LogP contribution in [0.3, 0.4) is 0 Å². The van der Waals surface area contributed by atoms with Crippen molar-refractivity contribution in [3.63, 3.8) is 0 Å². The van der Waals surface area contributed by atoms with E-state index in [1.807, 2.05) is 48.5 Å². The fourth-order valence-electron chi connectivity index (χ4n) is 4.10. The van der Waals surface area contributed by atoms with E-state index >= 15 is 0 Å². The van der Waals surface area contributed by atoms with Crippen molar-refractivity contribution < 1.29 is 14.4 Å². The van der Waals surface area contributed by atoms with E-state index in [1.165, 1.54) is 15.3 Å². The Balaban J connectivity index is 1.44. The molecule has 0 radical (unpaired) electrons. The Hall–Kier alpha value is -2.35. The van der Waals surface area contributed by atoms with Gasteiger partial charge in [-0.3, -0.25) is 4.79 Å². The smallest absolute Gasteiger partial charge is 0.256 e. The maximum atomic E-state index is 13.1. The van der Waals surface area contributed by atoms with Crippen molar-refractivity contribution in [2.24, 2.45) is 0 Å². The molecule has 5 rings (SSSR count). The van der Waals surface area contributed by atoms with E-state index < -0.39 is 0 Å². The molecule has 3 heterocycles. The Labute approximate surface area is 188 Å². The molecular formula is C23H23BrN3O2S+. The van der Waals surface area contributed by atoms with Crippen LogP contribution in [0.5, 0.6) is 5.75 Å². The summed E-state index contributed by atoms with van der Waals surface area (Å²) in [7, 11) is 2.20. The van der Waals surface area contributed by atoms with Crippen LogP contribution in [0, 0.1) is 0 Å². The van der Waals surface area contributed by atoms with E-state index in [-0.39, 0.29) is 12.1 Å². The molecule has 3 aromatic rings. The van der Waals surface area contributed by atoms with Gasteiger partial charge in [0.15, 0.2) is 0 Å². The van der Waals surface area contributed by atoms with Crippen LogP contribution >= 0.6 is 27.3 Å². The summed E-state index contributed by atoms with van der Waals surface area (Å²) in [6.07, 6.45) is 0.619. The number of carbonyl (C=O) groups excluding carboxylic acids is 1. The molecule has 0 bridgehead atoms. The topological polar surface area (TPSA) is 54.8 Å². The van der Waals surface area contributed by atoms with Gasteiger partial charge in [0.25, 0.3) is 5.91 Å². The van der Waals surface area contributed by atoms with Gasteiger partial charge in [-0.15, -0.1) is 11.3 Å². The molecule has 2 aromatic carbocycles. The largest absolute Gasteiger partial charge is 0.488 e. The summed E-state index contributed by atoms with van der Waals surface area (Å²) in [5.74, 6) is 0.758. The van der Waals surface area contributed by atoms with Gasteiger partial charge in [0.05, 0.1) is 24.0 Å². The number of nitrogens with one attached hydrogen (secondary N) is 3. The number of fused-ring (bicyclic) bond motifs is 3. The third-order valence-corrected chi connectivity index (χ3v) is 7.31. The van der Waals surface area contributed by atoms with Crippen LogP contribution in [0.2, 0.25) is 0 Å². The lowest BCUT2D eigenvalue weighted by Crippen LogP contribution is -3.08. The van der Waals surface area contributed by atoms with Crippen molar-refractivity contribution in [1.82, 2.24) is 5.32 Å². The fraction of sp³-hybridized carbons (Fsp3) is 0.261. The molecule has 1 amide bonds. The SMILES string of the molecule is C[NH+]1CCc2c(sc3c2C(=O)N[C@@H](c2cc(Br)ccc2OCc2ccccc2)N3)C1. The first-order valence-corrected chi connectivity index (χ1v) is 11.7. The lowest BCUT2D eigenvalue weighted by atomic mass is 10.0. The minimum Gasteiger partial charge on any atom is -0.488 e. The fourth-order valence-corrected chi connectivity index (χ4v) is 5.87. The van der Waals surface area contributed by atoms with E-state index in [2.05, 4.69) is 33.6 Å². The lowest BCUT2D eigenvalue weighted by Gasteiger charge is -2.28. The third kappa shape index (κ3) is 3.73. The average Bonchev–Trinajstić information content (AvgIpc) is 3.11. The summed E-state index contributed by atoms with van der Waals surface area (Å²) in [6, 6.07) is 16.0. The molecule has 7 heteroatoms. The van der Waals surface area contributed by atoms with Crippen molar-refractivity contribution in [1.29, 1.82) is 0 Å². The van der Waals surface area contributed by atoms with Crippen LogP contribution in [0.1, 0.15) is 38.1 Å². The van der Waals surface area contributed by atoms with Crippen LogP contribution in [-0.4, -0.2) is 19.5 Å². The van der Waals surface area contributed by atoms with Gasteiger partial charge in [0.1, 0.15) is 30.1 Å². The van der Waals surface area contributed by atoms with Crippen LogP contribution in [-0.2, 0) is 19.6 Å². The molecular weight excluding hydrogens is 462 g/mol. The number of likely N-dealkylation sites (N-methyl/N-ethyl adjacent to an activating group) is 1. The number of anilines is 1. The van der Waals surface area contributed by atoms with Gasteiger partial charge in [-0.25, -0.2) is 0 Å². The Morgan fingerprint density at radius 1 is 1.20 bits per heavy atom. The Morgan fingerprint density at radius 3 is 2.87 bits per heavy atom. The zero-order chi connectivity index (χ0) is 20.7. The van der Waals surface area contributed by atoms with Gasteiger partial charge in [-0.05, 0) is 29.3 Å². The molecule has 0 aliphatic carbocycles. The maximum absolute atomic E-state index is 13.1. The molecule has 1 unspecified atom stereocenters. The molecule has 0 saturated carbocycles. The highest BCUT2D eigenvalue weighted by atomic mass is 79.9. The number of halogens is 1. The molecule has 2 aliphatic heterocycles. The van der Waals surface area contributed by atoms with E-state index in [4.69, 9.17) is 4.74 Å². The molecule has 154 valence electrons. The van der Waals surface area contributed by atoms with Crippen LogP contribution < -0.4 is 20.3 Å². The number of thiophene rings is 1. The summed E-state index contributed by atoms with van der Waals surface area (Å²) < 4.78 is 7.08. The summed E-state index contributed by atoms with van der Waals surface area (Å²) >= 11 is 5.28. The lowest BCUT2D eigenvalue weighted by molar-refractivity contribution is -0.895. The van der Waals surface area contributed by atoms with E-state index in [0.717, 1.165) is 51.4 Å². The monoisotopic (exact) mass is 484 g/mol. The average molecular weight is 485 g/mol. The molecule has 0 spiro atoms. The van der Waals surface area contributed by atoms with Gasteiger partial charge in [-0.1, -0.05) is 46.3 Å². The Morgan fingerprint density at radius 2 is 2.03 bits per heavy atom. The number of amides is 1. The maximum Gasteiger partial charge on any atom is 0.256 e. The number of rotatable bonds is 4. The van der Waals surface area contributed by atoms with Gasteiger partial charge in [-0.2, -0.15) is 0 Å². The second-order valence-electron chi connectivity index (χ2n) is 7.85. The predicted octanol–water partition coefficient (Wildman–Crippen LogP) is 3.51. The van der Waals surface area contributed by atoms with Crippen LogP contribution in [0.15, 0.2) is 53.0 Å². The molecule has 2 atom stereocenters. The van der Waals surface area contributed by atoms with E-state index in [0.29, 0.717) is 6.61 Å². The Kier molecular flexibility index (Phi) is 5.26. The summed E-state index contributed by atoms with van der Waals surface area (Å²) in [6.45, 7) is 2.52. The van der Waals surface area contributed by atoms with Crippen molar-refractivity contribution in [3.05, 3.63) is 80.1 Å². The summed E-state index contributed by atoms with van der Waals surface area (Å²) in [4.78, 5) is 15.9. The van der Waals surface area contributed by atoms with E-state index in [9.17, 15) is 4.79 Å². The van der Waals surface area contributed by atoms with Gasteiger partial charge in [0, 0.05) is 16.5 Å². The van der Waals surface area contributed by atoms with Gasteiger partial charge in [0.2, 0.25) is 0 Å². The van der Waals surface area contributed by atoms with Gasteiger partial charge >= 0.3 is 0 Å². The zero-order valence-corrected chi connectivity index (χ0v) is 19.0. The minimum absolute atomic E-state index is 0.000196. The van der Waals surface area contributed by atoms with Crippen molar-refractivity contribution in [2.75, 3.05) is 18.9 Å². The summed E-state index contributed by atoms with van der Waals surface area (Å²) in [5, 5.41) is 7.68. The number of ether oxygens (including phenoxy) is 1. The number of carbonyl (C=O) groups is 1. The molecule has 3 N–H and O–H groups in total. The zero-order valence-electron chi connectivity index (χ0n) is 16.6. The number of hydrogen-bond acceptors (Lipinski definition) is 4. The minimum atomic E-state index is -0.335. The summed E-state index contributed by atoms with van der Waals surface area (Å²) in [5.41, 5.74) is 4.07. The molecule has 0 saturated heterocycles. The highest BCUT2D eigenvalue weighted by Gasteiger charge is 2.34. The molecule has 1 aromatic heterocycles. The molecule has 30 heavy (non-hydrogen) atoms. The highest BCUT2D eigenvalue weighted by Crippen LogP contribution is 2.40. The second kappa shape index (κ2) is 8.06. The standard InChI is InChI=1S/C23H22BrN3O2S/c1-27-10-9-16-19(12-27)30-23-20(16)22(28)25-21(26-23)17-11-15(24)7-8-18(17)29-13-14-5-3-2-4-6-14/h2-8,11,21,26H,9-10,12-13H2,1H3,(H,25,28)/p+1/t21-/m1/s1. The molecule has 2 aliphatic rings. The number of benzene rings is 2. The first-order valence-electron chi connectivity index (χ1n) is 10.1. The first kappa shape index (κ1) is 19.6. The first-order chi connectivity index (χ1) is 14.6. The predicted molar refractivity (Wildman–Crippen MR) is 122 cm³/mol. The molecule has 0 fully saturated rings. The van der Waals surface area contributed by atoms with Crippen LogP contribution in [0.4, 0.5) is 5.00 Å². The normalized spacial score (nSPS) is 20.0. The van der Waals surface area contributed by atoms with Crippen molar-refractivity contribution in [3.8, 4) is 5.75 Å². The molecule has 5 nitrogen and oxygen atoms in total. The number of quaternary nitrogens is 1.